The van der Waals surface area contributed by atoms with Crippen LogP contribution in [0.15, 0.2) is 12.1 Å². The van der Waals surface area contributed by atoms with E-state index >= 15 is 0 Å². The van der Waals surface area contributed by atoms with Crippen molar-refractivity contribution in [3.05, 3.63) is 28.8 Å². The molecule has 0 aliphatic rings. The zero-order valence-electron chi connectivity index (χ0n) is 14.2. The largest absolute Gasteiger partial charge is 0.507 e. The van der Waals surface area contributed by atoms with E-state index in [1.807, 2.05) is 19.1 Å². The highest BCUT2D eigenvalue weighted by Gasteiger charge is 2.26. The van der Waals surface area contributed by atoms with Crippen molar-refractivity contribution in [2.24, 2.45) is 0 Å². The monoisotopic (exact) mass is 310 g/mol. The third-order valence-electron chi connectivity index (χ3n) is 3.53. The van der Waals surface area contributed by atoms with E-state index in [2.05, 4.69) is 41.5 Å². The number of aromatic hydroxyl groups is 1. The van der Waals surface area contributed by atoms with Crippen LogP contribution in [0.1, 0.15) is 65.2 Å². The molecule has 0 heterocycles. The molecule has 0 aromatic heterocycles. The first kappa shape index (κ1) is 18.1. The molecule has 0 saturated carbocycles. The van der Waals surface area contributed by atoms with Crippen LogP contribution in [0.25, 0.3) is 0 Å². The summed E-state index contributed by atoms with van der Waals surface area (Å²) in [6.45, 7) is 14.4. The second-order valence-corrected chi connectivity index (χ2v) is 8.09. The van der Waals surface area contributed by atoms with Crippen LogP contribution in [0.3, 0.4) is 0 Å². The minimum atomic E-state index is -0.293. The maximum Gasteiger partial charge on any atom is 0.327 e. The molecule has 3 nitrogen and oxygen atoms in total. The minimum Gasteiger partial charge on any atom is -0.507 e. The van der Waals surface area contributed by atoms with Crippen molar-refractivity contribution in [1.82, 2.24) is 0 Å². The molecule has 0 aliphatic carbocycles. The zero-order chi connectivity index (χ0) is 16.4. The molecule has 1 atom stereocenters. The molecular weight excluding hydrogens is 283 g/mol. The highest BCUT2D eigenvalue weighted by Crippen LogP contribution is 2.40. The predicted octanol–water partition coefficient (Wildman–Crippen LogP) is 5.14. The van der Waals surface area contributed by atoms with Crippen molar-refractivity contribution in [2.75, 3.05) is 0 Å². The van der Waals surface area contributed by atoms with Gasteiger partial charge >= 0.3 is 8.69 Å². The summed E-state index contributed by atoms with van der Waals surface area (Å²) in [5.41, 5.74) is 2.70. The molecule has 0 fully saturated rings. The van der Waals surface area contributed by atoms with Crippen molar-refractivity contribution >= 4 is 8.69 Å². The molecule has 0 aliphatic heterocycles. The molecule has 0 amide bonds. The van der Waals surface area contributed by atoms with Crippen molar-refractivity contribution in [3.63, 3.8) is 0 Å². The summed E-state index contributed by atoms with van der Waals surface area (Å²) in [7, 11) is -0.293. The summed E-state index contributed by atoms with van der Waals surface area (Å²) in [5, 5.41) is 10.6. The van der Waals surface area contributed by atoms with Gasteiger partial charge in [0.25, 0.3) is 0 Å². The Morgan fingerprint density at radius 1 is 1.10 bits per heavy atom. The van der Waals surface area contributed by atoms with Crippen LogP contribution in [0.5, 0.6) is 5.75 Å². The lowest BCUT2D eigenvalue weighted by Crippen LogP contribution is -2.19. The standard InChI is InChI=1S/C17H27O3P/c1-11(20-21-19)8-12-9-13(16(2,3)4)15(18)14(10-12)17(5,6)7/h9-11,18H,8H2,1-7H3. The van der Waals surface area contributed by atoms with Crippen LogP contribution in [-0.4, -0.2) is 11.2 Å². The quantitative estimate of drug-likeness (QED) is 0.783. The van der Waals surface area contributed by atoms with Crippen LogP contribution < -0.4 is 0 Å². The fourth-order valence-corrected chi connectivity index (χ4v) is 2.62. The van der Waals surface area contributed by atoms with Crippen molar-refractivity contribution < 1.29 is 14.2 Å². The van der Waals surface area contributed by atoms with Gasteiger partial charge in [0.1, 0.15) is 5.75 Å². The smallest absolute Gasteiger partial charge is 0.327 e. The Morgan fingerprint density at radius 3 is 1.86 bits per heavy atom. The van der Waals surface area contributed by atoms with Gasteiger partial charge < -0.3 is 5.11 Å². The molecule has 1 aromatic carbocycles. The topological polar surface area (TPSA) is 46.5 Å². The van der Waals surface area contributed by atoms with Crippen LogP contribution in [0.4, 0.5) is 0 Å². The number of benzene rings is 1. The van der Waals surface area contributed by atoms with Crippen molar-refractivity contribution in [1.29, 1.82) is 0 Å². The molecule has 0 spiro atoms. The average molecular weight is 310 g/mol. The molecule has 1 aromatic rings. The van der Waals surface area contributed by atoms with Crippen LogP contribution >= 0.6 is 8.69 Å². The van der Waals surface area contributed by atoms with Gasteiger partial charge in [0, 0.05) is 0 Å². The van der Waals surface area contributed by atoms with Crippen molar-refractivity contribution in [3.8, 4) is 5.75 Å². The van der Waals surface area contributed by atoms with Crippen molar-refractivity contribution in [2.45, 2.75) is 71.8 Å². The average Bonchev–Trinajstić information content (AvgIpc) is 2.28. The molecule has 1 rings (SSSR count). The molecular formula is C17H27O3P. The fourth-order valence-electron chi connectivity index (χ4n) is 2.40. The van der Waals surface area contributed by atoms with Crippen LogP contribution in [-0.2, 0) is 26.3 Å². The zero-order valence-corrected chi connectivity index (χ0v) is 15.0. The predicted molar refractivity (Wildman–Crippen MR) is 87.4 cm³/mol. The van der Waals surface area contributed by atoms with E-state index in [0.29, 0.717) is 12.2 Å². The van der Waals surface area contributed by atoms with E-state index in [-0.39, 0.29) is 25.6 Å². The van der Waals surface area contributed by atoms with E-state index in [0.717, 1.165) is 16.7 Å². The molecule has 118 valence electrons. The number of hydrogen-bond acceptors (Lipinski definition) is 3. The lowest BCUT2D eigenvalue weighted by atomic mass is 9.78. The lowest BCUT2D eigenvalue weighted by Gasteiger charge is -2.28. The molecule has 1 unspecified atom stereocenters. The Bertz CT molecular complexity index is 475. The third-order valence-corrected chi connectivity index (χ3v) is 3.98. The lowest BCUT2D eigenvalue weighted by molar-refractivity contribution is 0.245. The first-order valence-electron chi connectivity index (χ1n) is 7.32. The van der Waals surface area contributed by atoms with Gasteiger partial charge in [0.2, 0.25) is 0 Å². The maximum absolute atomic E-state index is 10.6. The van der Waals surface area contributed by atoms with Gasteiger partial charge in [0.15, 0.2) is 0 Å². The van der Waals surface area contributed by atoms with Gasteiger partial charge in [0.05, 0.1) is 6.10 Å². The molecule has 0 saturated heterocycles. The molecule has 4 heteroatoms. The van der Waals surface area contributed by atoms with E-state index in [4.69, 9.17) is 4.52 Å². The first-order chi connectivity index (χ1) is 9.46. The Morgan fingerprint density at radius 2 is 1.52 bits per heavy atom. The van der Waals surface area contributed by atoms with Crippen LogP contribution in [0, 0.1) is 0 Å². The Labute approximate surface area is 130 Å². The van der Waals surface area contributed by atoms with Gasteiger partial charge in [-0.15, -0.1) is 0 Å². The first-order valence-corrected chi connectivity index (χ1v) is 8.05. The summed E-state index contributed by atoms with van der Waals surface area (Å²) < 4.78 is 15.6. The number of rotatable bonds is 4. The fraction of sp³-hybridized carbons (Fsp3) is 0.647. The Kier molecular flexibility index (Phi) is 5.57. The van der Waals surface area contributed by atoms with Gasteiger partial charge in [-0.05, 0) is 40.9 Å². The van der Waals surface area contributed by atoms with E-state index in [9.17, 15) is 9.67 Å². The second-order valence-electron chi connectivity index (χ2n) is 7.73. The summed E-state index contributed by atoms with van der Waals surface area (Å²) in [6, 6.07) is 4.07. The summed E-state index contributed by atoms with van der Waals surface area (Å²) in [4.78, 5) is 0. The molecule has 0 bridgehead atoms. The second kappa shape index (κ2) is 6.46. The molecule has 21 heavy (non-hydrogen) atoms. The Hall–Kier alpha value is -0.920. The normalized spacial score (nSPS) is 14.4. The highest BCUT2D eigenvalue weighted by molar-refractivity contribution is 7.17. The SMILES string of the molecule is CC(Cc1cc(C(C)(C)C)c(O)c(C(C)(C)C)c1)OP=O. The maximum atomic E-state index is 10.6. The minimum absolute atomic E-state index is 0.130. The molecule has 0 radical (unpaired) electrons. The van der Waals surface area contributed by atoms with Gasteiger partial charge in [-0.3, -0.25) is 4.52 Å². The number of phenolic OH excluding ortho intramolecular Hbond substituents is 1. The Balaban J connectivity index is 3.37. The molecule has 1 N–H and O–H groups in total. The van der Waals surface area contributed by atoms with E-state index in [1.165, 1.54) is 0 Å². The van der Waals surface area contributed by atoms with Crippen LogP contribution in [0.2, 0.25) is 0 Å². The number of phenols is 1. The van der Waals surface area contributed by atoms with Gasteiger partial charge in [-0.1, -0.05) is 53.7 Å². The summed E-state index contributed by atoms with van der Waals surface area (Å²) >= 11 is 0. The van der Waals surface area contributed by atoms with E-state index < -0.39 is 0 Å². The summed E-state index contributed by atoms with van der Waals surface area (Å²) in [6.07, 6.45) is 0.538. The highest BCUT2D eigenvalue weighted by atomic mass is 31.1. The van der Waals surface area contributed by atoms with Gasteiger partial charge in [-0.2, -0.15) is 0 Å². The third kappa shape index (κ3) is 4.79. The van der Waals surface area contributed by atoms with Gasteiger partial charge in [-0.25, -0.2) is 4.57 Å². The number of hydrogen-bond donors (Lipinski definition) is 1. The van der Waals surface area contributed by atoms with E-state index in [1.54, 1.807) is 0 Å². The summed E-state index contributed by atoms with van der Waals surface area (Å²) in [5.74, 6) is 0.384.